The van der Waals surface area contributed by atoms with Crippen LogP contribution >= 0.6 is 0 Å². The summed E-state index contributed by atoms with van der Waals surface area (Å²) in [5.41, 5.74) is 0. The van der Waals surface area contributed by atoms with Crippen molar-refractivity contribution < 1.29 is 4.74 Å². The number of rotatable bonds is 1. The minimum Gasteiger partial charge on any atom is -0.374 e. The highest BCUT2D eigenvalue weighted by atomic mass is 16.5. The van der Waals surface area contributed by atoms with Gasteiger partial charge in [-0.25, -0.2) is 0 Å². The molecule has 45 valence electrons. The Morgan fingerprint density at radius 2 is 2.38 bits per heavy atom. The molecule has 1 radical (unpaired) electrons. The highest BCUT2D eigenvalue weighted by Crippen LogP contribution is 2.11. The maximum Gasteiger partial charge on any atom is 0.0822 e. The van der Waals surface area contributed by atoms with Gasteiger partial charge >= 0.3 is 0 Å². The van der Waals surface area contributed by atoms with Gasteiger partial charge in [0.15, 0.2) is 0 Å². The molecule has 0 aromatic rings. The third kappa shape index (κ3) is 1.34. The van der Waals surface area contributed by atoms with Crippen LogP contribution in [-0.2, 0) is 4.74 Å². The molecule has 1 saturated heterocycles. The molecule has 0 spiro atoms. The van der Waals surface area contributed by atoms with Gasteiger partial charge in [0.1, 0.15) is 0 Å². The van der Waals surface area contributed by atoms with Crippen LogP contribution in [0.2, 0.25) is 0 Å². The highest BCUT2D eigenvalue weighted by molar-refractivity contribution is 4.72. The van der Waals surface area contributed by atoms with Crippen molar-refractivity contribution in [1.29, 1.82) is 0 Å². The molecule has 1 rings (SSSR count). The largest absolute Gasteiger partial charge is 0.374 e. The van der Waals surface area contributed by atoms with Gasteiger partial charge in [0, 0.05) is 6.61 Å². The minimum absolute atomic E-state index is 0.226. The zero-order valence-electron chi connectivity index (χ0n) is 5.02. The van der Waals surface area contributed by atoms with E-state index in [-0.39, 0.29) is 6.10 Å². The molecule has 0 bridgehead atoms. The van der Waals surface area contributed by atoms with Crippen molar-refractivity contribution in [2.24, 2.45) is 0 Å². The molecular formula is C7H11O. The summed E-state index contributed by atoms with van der Waals surface area (Å²) in [5.74, 6) is 0. The van der Waals surface area contributed by atoms with Crippen molar-refractivity contribution in [3.8, 4) is 0 Å². The normalized spacial score (nSPS) is 29.8. The van der Waals surface area contributed by atoms with Gasteiger partial charge in [-0.2, -0.15) is 0 Å². The molecule has 1 heteroatoms. The summed E-state index contributed by atoms with van der Waals surface area (Å²) in [5, 5.41) is 0. The fourth-order valence-corrected chi connectivity index (χ4v) is 0.902. The van der Waals surface area contributed by atoms with Crippen LogP contribution < -0.4 is 0 Å². The number of hydrogen-bond acceptors (Lipinski definition) is 1. The molecule has 1 fully saturated rings. The molecule has 0 aromatic heterocycles. The molecule has 0 N–H and O–H groups in total. The Kier molecular flexibility index (Phi) is 2.10. The first kappa shape index (κ1) is 5.83. The Balaban J connectivity index is 2.22. The van der Waals surface area contributed by atoms with Gasteiger partial charge in [0.05, 0.1) is 6.10 Å². The summed E-state index contributed by atoms with van der Waals surface area (Å²) in [6, 6.07) is 0. The lowest BCUT2D eigenvalue weighted by atomic mass is 10.1. The van der Waals surface area contributed by atoms with Gasteiger partial charge in [0.25, 0.3) is 0 Å². The van der Waals surface area contributed by atoms with Gasteiger partial charge < -0.3 is 4.74 Å². The third-order valence-electron chi connectivity index (χ3n) is 1.41. The first-order valence-electron chi connectivity index (χ1n) is 3.07. The van der Waals surface area contributed by atoms with E-state index in [2.05, 4.69) is 12.7 Å². The van der Waals surface area contributed by atoms with Crippen molar-refractivity contribution in [3.05, 3.63) is 12.7 Å². The Morgan fingerprint density at radius 3 is 2.75 bits per heavy atom. The van der Waals surface area contributed by atoms with Crippen molar-refractivity contribution in [2.45, 2.75) is 25.4 Å². The van der Waals surface area contributed by atoms with Gasteiger partial charge in [-0.05, 0) is 25.3 Å². The molecular weight excluding hydrogens is 100 g/mol. The first-order valence-corrected chi connectivity index (χ1v) is 3.07. The van der Waals surface area contributed by atoms with Crippen LogP contribution in [0.1, 0.15) is 19.3 Å². The molecule has 0 amide bonds. The first-order chi connectivity index (χ1) is 3.93. The number of hydrogen-bond donors (Lipinski definition) is 0. The Hall–Kier alpha value is -0.300. The fraction of sp³-hybridized carbons (Fsp3) is 0.714. The van der Waals surface area contributed by atoms with Crippen LogP contribution in [0, 0.1) is 6.08 Å². The van der Waals surface area contributed by atoms with Crippen LogP contribution in [0.25, 0.3) is 0 Å². The molecule has 1 atom stereocenters. The second-order valence-corrected chi connectivity index (χ2v) is 2.06. The topological polar surface area (TPSA) is 9.23 Å². The maximum absolute atomic E-state index is 5.25. The highest BCUT2D eigenvalue weighted by Gasteiger charge is 2.08. The van der Waals surface area contributed by atoms with Crippen LogP contribution in [0.15, 0.2) is 6.58 Å². The molecule has 0 saturated carbocycles. The molecule has 1 aliphatic rings. The lowest BCUT2D eigenvalue weighted by Gasteiger charge is -2.17. The summed E-state index contributed by atoms with van der Waals surface area (Å²) in [7, 11) is 0. The van der Waals surface area contributed by atoms with E-state index in [1.54, 1.807) is 0 Å². The molecule has 8 heavy (non-hydrogen) atoms. The minimum atomic E-state index is 0.226. The van der Waals surface area contributed by atoms with E-state index in [9.17, 15) is 0 Å². The summed E-state index contributed by atoms with van der Waals surface area (Å²) < 4.78 is 5.25. The van der Waals surface area contributed by atoms with E-state index in [1.807, 2.05) is 0 Å². The van der Waals surface area contributed by atoms with E-state index in [0.717, 1.165) is 13.0 Å². The molecule has 1 nitrogen and oxygen atoms in total. The van der Waals surface area contributed by atoms with Gasteiger partial charge in [-0.15, -0.1) is 0 Å². The summed E-state index contributed by atoms with van der Waals surface area (Å²) in [6.45, 7) is 4.43. The lowest BCUT2D eigenvalue weighted by molar-refractivity contribution is 0.0423. The summed E-state index contributed by atoms with van der Waals surface area (Å²) >= 11 is 0. The van der Waals surface area contributed by atoms with E-state index in [1.165, 1.54) is 12.8 Å². The van der Waals surface area contributed by atoms with Gasteiger partial charge in [-0.3, -0.25) is 0 Å². The van der Waals surface area contributed by atoms with E-state index >= 15 is 0 Å². The van der Waals surface area contributed by atoms with Crippen molar-refractivity contribution in [3.63, 3.8) is 0 Å². The van der Waals surface area contributed by atoms with Crippen LogP contribution in [0.3, 0.4) is 0 Å². The lowest BCUT2D eigenvalue weighted by Crippen LogP contribution is -2.16. The fourth-order valence-electron chi connectivity index (χ4n) is 0.902. The third-order valence-corrected chi connectivity index (χ3v) is 1.41. The summed E-state index contributed by atoms with van der Waals surface area (Å²) in [6.07, 6.45) is 6.65. The zero-order chi connectivity index (χ0) is 5.82. The average molecular weight is 111 g/mol. The Morgan fingerprint density at radius 1 is 1.50 bits per heavy atom. The SMILES string of the molecule is C=[C]C1CCCCO1. The zero-order valence-corrected chi connectivity index (χ0v) is 5.02. The Bertz CT molecular complexity index is 72.5. The number of ether oxygens (including phenoxy) is 1. The predicted molar refractivity (Wildman–Crippen MR) is 32.5 cm³/mol. The van der Waals surface area contributed by atoms with Crippen LogP contribution in [-0.4, -0.2) is 12.7 Å². The molecule has 1 heterocycles. The molecule has 1 aliphatic heterocycles. The van der Waals surface area contributed by atoms with Gasteiger partial charge in [-0.1, -0.05) is 6.58 Å². The van der Waals surface area contributed by atoms with Crippen molar-refractivity contribution >= 4 is 0 Å². The molecule has 0 aromatic carbocycles. The van der Waals surface area contributed by atoms with Crippen LogP contribution in [0.5, 0.6) is 0 Å². The average Bonchev–Trinajstić information content (AvgIpc) is 1.90. The monoisotopic (exact) mass is 111 g/mol. The van der Waals surface area contributed by atoms with Crippen molar-refractivity contribution in [1.82, 2.24) is 0 Å². The molecule has 0 aliphatic carbocycles. The smallest absolute Gasteiger partial charge is 0.0822 e. The maximum atomic E-state index is 5.25. The van der Waals surface area contributed by atoms with E-state index in [0.29, 0.717) is 0 Å². The van der Waals surface area contributed by atoms with Gasteiger partial charge in [0.2, 0.25) is 0 Å². The predicted octanol–water partition coefficient (Wildman–Crippen LogP) is 1.54. The summed E-state index contributed by atoms with van der Waals surface area (Å²) in [4.78, 5) is 0. The second-order valence-electron chi connectivity index (χ2n) is 2.06. The van der Waals surface area contributed by atoms with Crippen molar-refractivity contribution in [2.75, 3.05) is 6.61 Å². The quantitative estimate of drug-likeness (QED) is 0.498. The van der Waals surface area contributed by atoms with E-state index in [4.69, 9.17) is 4.74 Å². The second kappa shape index (κ2) is 2.88. The molecule has 1 unspecified atom stereocenters. The standard InChI is InChI=1S/C7H11O/c1-2-7-5-3-4-6-8-7/h7H,1,3-6H2. The van der Waals surface area contributed by atoms with E-state index < -0.39 is 0 Å². The Labute approximate surface area is 50.3 Å². The van der Waals surface area contributed by atoms with Crippen LogP contribution in [0.4, 0.5) is 0 Å².